The molecule has 0 radical (unpaired) electrons. The predicted octanol–water partition coefficient (Wildman–Crippen LogP) is 3.68. The molecule has 4 heterocycles. The number of halogens is 3. The summed E-state index contributed by atoms with van der Waals surface area (Å²) in [7, 11) is 1.70. The number of aromatic nitrogens is 3. The van der Waals surface area contributed by atoms with Crippen molar-refractivity contribution in [3.63, 3.8) is 0 Å². The Labute approximate surface area is 412 Å². The Kier molecular flexibility index (Phi) is 21.1. The molecule has 3 aromatic rings. The molecule has 1 saturated carbocycles. The molecule has 6 atom stereocenters. The molecule has 1 unspecified atom stereocenters. The average molecular weight is 1000 g/mol. The van der Waals surface area contributed by atoms with Crippen LogP contribution < -0.4 is 21.3 Å². The molecule has 22 heteroatoms. The lowest BCUT2D eigenvalue weighted by atomic mass is 9.84. The number of alkyl halides is 3. The summed E-state index contributed by atoms with van der Waals surface area (Å²) in [6.45, 7) is 11.2. The molecule has 4 N–H and O–H groups in total. The largest absolute Gasteiger partial charge is 0.416 e. The molecule has 1 aromatic carbocycles. The second-order valence-electron chi connectivity index (χ2n) is 18.9. The van der Waals surface area contributed by atoms with E-state index in [-0.39, 0.29) is 84.0 Å². The molecule has 19 nitrogen and oxygen atoms in total. The van der Waals surface area contributed by atoms with Crippen LogP contribution >= 0.6 is 0 Å². The third kappa shape index (κ3) is 17.0. The molecule has 2 saturated heterocycles. The van der Waals surface area contributed by atoms with Gasteiger partial charge in [-0.25, -0.2) is 9.97 Å². The second kappa shape index (κ2) is 27.1. The van der Waals surface area contributed by atoms with Crippen molar-refractivity contribution in [2.45, 2.75) is 101 Å². The molecule has 392 valence electrons. The Balaban J connectivity index is 0.773. The Morgan fingerprint density at radius 1 is 0.817 bits per heavy atom. The van der Waals surface area contributed by atoms with Crippen molar-refractivity contribution < 1.29 is 60.8 Å². The molecular formula is C49H70F3N9O10. The highest BCUT2D eigenvalue weighted by Crippen LogP contribution is 2.37. The molecule has 2 aromatic heterocycles. The fourth-order valence-corrected chi connectivity index (χ4v) is 9.24. The number of benzene rings is 1. The summed E-state index contributed by atoms with van der Waals surface area (Å²) in [5, 5.41) is 13.0. The van der Waals surface area contributed by atoms with Crippen molar-refractivity contribution in [1.82, 2.24) is 40.7 Å². The first-order valence-corrected chi connectivity index (χ1v) is 24.4. The fourth-order valence-electron chi connectivity index (χ4n) is 9.24. The summed E-state index contributed by atoms with van der Waals surface area (Å²) in [5.41, 5.74) is 0.176. The smallest absolute Gasteiger partial charge is 0.379 e. The van der Waals surface area contributed by atoms with Crippen LogP contribution in [0.2, 0.25) is 0 Å². The highest BCUT2D eigenvalue weighted by atomic mass is 19.4. The van der Waals surface area contributed by atoms with Crippen molar-refractivity contribution >= 4 is 40.3 Å². The molecule has 3 aliphatic rings. The van der Waals surface area contributed by atoms with E-state index in [0.717, 1.165) is 24.1 Å². The van der Waals surface area contributed by atoms with Crippen LogP contribution in [0.15, 0.2) is 49.1 Å². The predicted molar refractivity (Wildman–Crippen MR) is 255 cm³/mol. The van der Waals surface area contributed by atoms with Crippen LogP contribution in [0.1, 0.15) is 76.5 Å². The van der Waals surface area contributed by atoms with Crippen molar-refractivity contribution in [1.29, 1.82) is 0 Å². The normalized spacial score (nSPS) is 21.8. The van der Waals surface area contributed by atoms with Crippen LogP contribution in [-0.4, -0.2) is 178 Å². The zero-order valence-corrected chi connectivity index (χ0v) is 41.2. The van der Waals surface area contributed by atoms with Crippen molar-refractivity contribution in [3.05, 3.63) is 60.2 Å². The van der Waals surface area contributed by atoms with Crippen LogP contribution in [0.25, 0.3) is 10.9 Å². The van der Waals surface area contributed by atoms with E-state index in [1.54, 1.807) is 35.3 Å². The van der Waals surface area contributed by atoms with E-state index in [1.807, 2.05) is 6.07 Å². The monoisotopic (exact) mass is 1000 g/mol. The van der Waals surface area contributed by atoms with Gasteiger partial charge in [-0.05, 0) is 76.3 Å². The molecule has 0 spiro atoms. The van der Waals surface area contributed by atoms with E-state index in [0.29, 0.717) is 111 Å². The lowest BCUT2D eigenvalue weighted by Crippen LogP contribution is -2.59. The third-order valence-electron chi connectivity index (χ3n) is 12.5. The van der Waals surface area contributed by atoms with Gasteiger partial charge in [-0.15, -0.1) is 0 Å². The number of hydrogen-bond donors (Lipinski definition) is 4. The summed E-state index contributed by atoms with van der Waals surface area (Å²) in [6.07, 6.45) is 2.83. The number of ether oxygens (including phenoxy) is 6. The minimum atomic E-state index is -4.55. The quantitative estimate of drug-likeness (QED) is 0.0764. The van der Waals surface area contributed by atoms with Crippen molar-refractivity contribution in [2.24, 2.45) is 5.92 Å². The number of nitrogens with one attached hydrogen (secondary N) is 4. The Bertz CT molecular complexity index is 2170. The van der Waals surface area contributed by atoms with Crippen LogP contribution in [-0.2, 0) is 53.8 Å². The Morgan fingerprint density at radius 2 is 1.46 bits per heavy atom. The fraction of sp³-hybridized carbons (Fsp3) is 0.653. The third-order valence-corrected chi connectivity index (χ3v) is 12.5. The summed E-state index contributed by atoms with van der Waals surface area (Å²) in [4.78, 5) is 68.1. The Morgan fingerprint density at radius 3 is 2.08 bits per heavy atom. The van der Waals surface area contributed by atoms with Gasteiger partial charge in [0.1, 0.15) is 18.2 Å². The number of pyridine rings is 1. The topological polar surface area (TPSA) is 217 Å². The van der Waals surface area contributed by atoms with E-state index in [2.05, 4.69) is 57.0 Å². The first-order valence-electron chi connectivity index (χ1n) is 24.4. The number of anilines is 1. The van der Waals surface area contributed by atoms with Gasteiger partial charge in [0.25, 0.3) is 0 Å². The molecule has 4 amide bonds. The van der Waals surface area contributed by atoms with Crippen molar-refractivity contribution in [3.8, 4) is 0 Å². The number of likely N-dealkylation sites (tertiary alicyclic amines) is 2. The van der Waals surface area contributed by atoms with Gasteiger partial charge in [-0.3, -0.25) is 24.2 Å². The van der Waals surface area contributed by atoms with Crippen LogP contribution in [0.3, 0.4) is 0 Å². The molecule has 6 rings (SSSR count). The zero-order valence-electron chi connectivity index (χ0n) is 41.2. The van der Waals surface area contributed by atoms with Gasteiger partial charge in [-0.2, -0.15) is 13.2 Å². The highest BCUT2D eigenvalue weighted by molar-refractivity contribution is 5.93. The minimum Gasteiger partial charge on any atom is -0.379 e. The van der Waals surface area contributed by atoms with Gasteiger partial charge in [0.05, 0.1) is 114 Å². The number of carbonyl (C=O) groups excluding carboxylic acids is 4. The number of carbonyl (C=O) groups is 4. The summed E-state index contributed by atoms with van der Waals surface area (Å²) in [6, 6.07) is 5.40. The van der Waals surface area contributed by atoms with Crippen LogP contribution in [0.5, 0.6) is 0 Å². The summed E-state index contributed by atoms with van der Waals surface area (Å²) >= 11 is 0. The van der Waals surface area contributed by atoms with Gasteiger partial charge < -0.3 is 59.5 Å². The molecular weight excluding hydrogens is 932 g/mol. The number of amides is 4. The SMILES string of the molecule is CN1C(=O)C[C@H](C(=O)NCCOCCOCCOCCOCCOCCOCCC(=O)N[C@@H]2C[C@H](NC(C)(C)C)CCC2N2CC[C@H](Nc3ncnc4ccc(C(F)(F)F)cc34)C2=O)[C@H]1c1cccnc1. The van der Waals surface area contributed by atoms with Gasteiger partial charge in [0.2, 0.25) is 23.6 Å². The van der Waals surface area contributed by atoms with E-state index in [1.165, 1.54) is 12.4 Å². The average Bonchev–Trinajstić information content (AvgIpc) is 3.84. The molecule has 2 aliphatic heterocycles. The Hall–Kier alpha value is -5.10. The molecule has 71 heavy (non-hydrogen) atoms. The number of fused-ring (bicyclic) bond motifs is 1. The molecule has 1 aliphatic carbocycles. The first-order chi connectivity index (χ1) is 34.1. The van der Waals surface area contributed by atoms with Gasteiger partial charge in [0, 0.05) is 62.3 Å². The molecule has 3 fully saturated rings. The number of rotatable bonds is 28. The lowest BCUT2D eigenvalue weighted by Gasteiger charge is -2.43. The lowest BCUT2D eigenvalue weighted by molar-refractivity contribution is -0.137. The molecule has 0 bridgehead atoms. The van der Waals surface area contributed by atoms with E-state index in [4.69, 9.17) is 28.4 Å². The van der Waals surface area contributed by atoms with Gasteiger partial charge in [-0.1, -0.05) is 6.07 Å². The highest BCUT2D eigenvalue weighted by Gasteiger charge is 2.44. The number of hydrogen-bond acceptors (Lipinski definition) is 15. The van der Waals surface area contributed by atoms with Gasteiger partial charge >= 0.3 is 6.18 Å². The minimum absolute atomic E-state index is 0.0768. The second-order valence-corrected chi connectivity index (χ2v) is 18.9. The van der Waals surface area contributed by atoms with Gasteiger partial charge in [0.15, 0.2) is 0 Å². The maximum atomic E-state index is 13.9. The maximum Gasteiger partial charge on any atom is 0.416 e. The van der Waals surface area contributed by atoms with Crippen LogP contribution in [0, 0.1) is 5.92 Å². The van der Waals surface area contributed by atoms with E-state index < -0.39 is 23.7 Å². The summed E-state index contributed by atoms with van der Waals surface area (Å²) in [5.74, 6) is -0.981. The van der Waals surface area contributed by atoms with E-state index in [9.17, 15) is 32.3 Å². The van der Waals surface area contributed by atoms with Crippen molar-refractivity contribution in [2.75, 3.05) is 105 Å². The zero-order chi connectivity index (χ0) is 50.8. The standard InChI is InChI=1S/C49H70F3N9O10/c1-48(2,3)59-35-8-10-41(61-15-11-39(47(61)65)58-45-36-28-34(49(50,51)52)7-9-38(36)55-32-56-45)40(29-35)57-42(62)12-16-66-18-20-68-22-24-70-26-27-71-25-23-69-21-19-67-17-14-54-46(64)37-30-43(63)60(4)44(37)33-6-5-13-53-31-33/h5-7,9,13,28,31-32,35,37,39-41,44,59H,8,10-12,14-27,29-30H2,1-4H3,(H,54,64)(H,57,62)(H,55,56,58)/t35-,37+,39+,40-,41?,44-/m1/s1. The van der Waals surface area contributed by atoms with E-state index >= 15 is 0 Å². The first kappa shape index (κ1) is 55.2. The maximum absolute atomic E-state index is 13.9. The summed E-state index contributed by atoms with van der Waals surface area (Å²) < 4.78 is 74.0. The number of nitrogens with zero attached hydrogens (tertiary/aromatic N) is 5. The van der Waals surface area contributed by atoms with Crippen LogP contribution in [0.4, 0.5) is 19.0 Å².